The first-order valence-corrected chi connectivity index (χ1v) is 6.08. The number of oxazole rings is 1. The van der Waals surface area contributed by atoms with Gasteiger partial charge in [-0.05, 0) is 24.8 Å². The summed E-state index contributed by atoms with van der Waals surface area (Å²) in [5.41, 5.74) is 0.760. The van der Waals surface area contributed by atoms with Gasteiger partial charge in [0.25, 0.3) is 0 Å². The zero-order valence-electron chi connectivity index (χ0n) is 9.10. The van der Waals surface area contributed by atoms with E-state index in [0.717, 1.165) is 36.5 Å². The van der Waals surface area contributed by atoms with Gasteiger partial charge in [-0.1, -0.05) is 6.07 Å². The van der Waals surface area contributed by atoms with Crippen molar-refractivity contribution in [1.82, 2.24) is 4.98 Å². The molecule has 0 spiro atoms. The zero-order chi connectivity index (χ0) is 11.4. The standard InChI is InChI=1S/C12H13NO2S/c1-9-11(6-7-14)13-12(15-9)5-4-10-3-2-8-16-10/h2-3,7-8H,4-6H2,1H3. The van der Waals surface area contributed by atoms with Gasteiger partial charge in [-0.3, -0.25) is 0 Å². The van der Waals surface area contributed by atoms with Crippen LogP contribution in [0.3, 0.4) is 0 Å². The monoisotopic (exact) mass is 235 g/mol. The van der Waals surface area contributed by atoms with Crippen LogP contribution in [0.5, 0.6) is 0 Å². The number of hydrogen-bond acceptors (Lipinski definition) is 4. The van der Waals surface area contributed by atoms with E-state index in [2.05, 4.69) is 16.4 Å². The van der Waals surface area contributed by atoms with Gasteiger partial charge >= 0.3 is 0 Å². The Hall–Kier alpha value is -1.42. The molecule has 4 heteroatoms. The summed E-state index contributed by atoms with van der Waals surface area (Å²) >= 11 is 1.74. The minimum atomic E-state index is 0.342. The van der Waals surface area contributed by atoms with Gasteiger partial charge in [0.1, 0.15) is 12.0 Å². The summed E-state index contributed by atoms with van der Waals surface area (Å²) in [6.07, 6.45) is 2.93. The van der Waals surface area contributed by atoms with Gasteiger partial charge in [0.05, 0.1) is 5.69 Å². The van der Waals surface area contributed by atoms with Crippen molar-refractivity contribution in [2.45, 2.75) is 26.2 Å². The van der Waals surface area contributed by atoms with Gasteiger partial charge in [0.15, 0.2) is 5.89 Å². The van der Waals surface area contributed by atoms with Crippen LogP contribution in [0.15, 0.2) is 21.9 Å². The highest BCUT2D eigenvalue weighted by atomic mass is 32.1. The lowest BCUT2D eigenvalue weighted by Crippen LogP contribution is -1.91. The molecule has 0 saturated carbocycles. The highest BCUT2D eigenvalue weighted by Crippen LogP contribution is 2.15. The first-order chi connectivity index (χ1) is 7.79. The van der Waals surface area contributed by atoms with E-state index in [4.69, 9.17) is 4.42 Å². The molecule has 0 aliphatic heterocycles. The number of rotatable bonds is 5. The van der Waals surface area contributed by atoms with Crippen LogP contribution in [-0.4, -0.2) is 11.3 Å². The quantitative estimate of drug-likeness (QED) is 0.748. The third-order valence-electron chi connectivity index (χ3n) is 2.38. The zero-order valence-corrected chi connectivity index (χ0v) is 9.92. The van der Waals surface area contributed by atoms with Crippen molar-refractivity contribution in [2.75, 3.05) is 0 Å². The summed E-state index contributed by atoms with van der Waals surface area (Å²) in [6, 6.07) is 4.14. The van der Waals surface area contributed by atoms with E-state index >= 15 is 0 Å². The Morgan fingerprint density at radius 2 is 2.38 bits per heavy atom. The molecule has 2 aromatic rings. The number of nitrogens with zero attached hydrogens (tertiary/aromatic N) is 1. The van der Waals surface area contributed by atoms with Crippen LogP contribution in [-0.2, 0) is 24.1 Å². The topological polar surface area (TPSA) is 43.1 Å². The van der Waals surface area contributed by atoms with Crippen molar-refractivity contribution >= 4 is 17.6 Å². The number of thiophene rings is 1. The average molecular weight is 235 g/mol. The molecule has 0 atom stereocenters. The van der Waals surface area contributed by atoms with Gasteiger partial charge in [0, 0.05) is 17.7 Å². The highest BCUT2D eigenvalue weighted by Gasteiger charge is 2.09. The third-order valence-corrected chi connectivity index (χ3v) is 3.32. The van der Waals surface area contributed by atoms with E-state index in [1.807, 2.05) is 13.0 Å². The molecule has 2 rings (SSSR count). The number of carbonyl (C=O) groups excluding carboxylic acids is 1. The minimum Gasteiger partial charge on any atom is -0.446 e. The van der Waals surface area contributed by atoms with Crippen LogP contribution in [0.25, 0.3) is 0 Å². The first-order valence-electron chi connectivity index (χ1n) is 5.21. The Balaban J connectivity index is 1.99. The van der Waals surface area contributed by atoms with Gasteiger partial charge in [-0.25, -0.2) is 4.98 Å². The molecule has 16 heavy (non-hydrogen) atoms. The molecule has 0 aromatic carbocycles. The summed E-state index contributed by atoms with van der Waals surface area (Å²) in [5.74, 6) is 1.48. The van der Waals surface area contributed by atoms with Crippen molar-refractivity contribution in [3.8, 4) is 0 Å². The maximum atomic E-state index is 10.4. The third kappa shape index (κ3) is 2.58. The first kappa shape index (κ1) is 11.1. The second kappa shape index (κ2) is 5.07. The molecule has 0 aliphatic carbocycles. The number of hydrogen-bond donors (Lipinski definition) is 0. The summed E-state index contributed by atoms with van der Waals surface area (Å²) in [4.78, 5) is 16.0. The summed E-state index contributed by atoms with van der Waals surface area (Å²) in [5, 5.41) is 2.06. The summed E-state index contributed by atoms with van der Waals surface area (Å²) in [7, 11) is 0. The van der Waals surface area contributed by atoms with E-state index in [1.165, 1.54) is 4.88 Å². The van der Waals surface area contributed by atoms with Crippen LogP contribution in [0, 0.1) is 6.92 Å². The maximum Gasteiger partial charge on any atom is 0.194 e. The second-order valence-corrected chi connectivity index (χ2v) is 4.59. The fraction of sp³-hybridized carbons (Fsp3) is 0.333. The molecule has 0 aliphatic rings. The second-order valence-electron chi connectivity index (χ2n) is 3.56. The molecule has 84 valence electrons. The Labute approximate surface area is 98.1 Å². The van der Waals surface area contributed by atoms with Crippen molar-refractivity contribution in [3.05, 3.63) is 39.7 Å². The number of aryl methyl sites for hydroxylation is 3. The summed E-state index contributed by atoms with van der Waals surface area (Å²) < 4.78 is 5.50. The Kier molecular flexibility index (Phi) is 3.51. The van der Waals surface area contributed by atoms with Crippen molar-refractivity contribution in [2.24, 2.45) is 0 Å². The molecule has 0 saturated heterocycles. The van der Waals surface area contributed by atoms with Crippen molar-refractivity contribution in [1.29, 1.82) is 0 Å². The lowest BCUT2D eigenvalue weighted by atomic mass is 10.2. The molecule has 0 bridgehead atoms. The lowest BCUT2D eigenvalue weighted by Gasteiger charge is -1.92. The number of aldehydes is 1. The molecular formula is C12H13NO2S. The van der Waals surface area contributed by atoms with Gasteiger partial charge in [-0.2, -0.15) is 0 Å². The Morgan fingerprint density at radius 1 is 1.50 bits per heavy atom. The van der Waals surface area contributed by atoms with E-state index in [9.17, 15) is 4.79 Å². The van der Waals surface area contributed by atoms with Crippen molar-refractivity contribution < 1.29 is 9.21 Å². The van der Waals surface area contributed by atoms with Crippen molar-refractivity contribution in [3.63, 3.8) is 0 Å². The van der Waals surface area contributed by atoms with Gasteiger partial charge in [0.2, 0.25) is 0 Å². The predicted octanol–water partition coefficient (Wildman–Crippen LogP) is 2.57. The molecule has 2 heterocycles. The SMILES string of the molecule is Cc1oc(CCc2cccs2)nc1CC=O. The molecule has 0 unspecified atom stereocenters. The van der Waals surface area contributed by atoms with Crippen LogP contribution < -0.4 is 0 Å². The normalized spacial score (nSPS) is 10.6. The molecular weight excluding hydrogens is 222 g/mol. The smallest absolute Gasteiger partial charge is 0.194 e. The van der Waals surface area contributed by atoms with E-state index in [0.29, 0.717) is 6.42 Å². The largest absolute Gasteiger partial charge is 0.446 e. The molecule has 0 amide bonds. The van der Waals surface area contributed by atoms with Crippen LogP contribution in [0.2, 0.25) is 0 Å². The number of carbonyl (C=O) groups is 1. The van der Waals surface area contributed by atoms with E-state index < -0.39 is 0 Å². The fourth-order valence-corrected chi connectivity index (χ4v) is 2.26. The molecule has 0 radical (unpaired) electrons. The minimum absolute atomic E-state index is 0.342. The van der Waals surface area contributed by atoms with Crippen LogP contribution in [0.1, 0.15) is 22.2 Å². The summed E-state index contributed by atoms with van der Waals surface area (Å²) in [6.45, 7) is 1.85. The van der Waals surface area contributed by atoms with Crippen LogP contribution >= 0.6 is 11.3 Å². The molecule has 3 nitrogen and oxygen atoms in total. The van der Waals surface area contributed by atoms with Gasteiger partial charge in [-0.15, -0.1) is 11.3 Å². The molecule has 0 N–H and O–H groups in total. The predicted molar refractivity (Wildman–Crippen MR) is 62.7 cm³/mol. The number of aromatic nitrogens is 1. The van der Waals surface area contributed by atoms with E-state index in [-0.39, 0.29) is 0 Å². The average Bonchev–Trinajstić information content (AvgIpc) is 2.87. The Bertz CT molecular complexity index is 459. The Morgan fingerprint density at radius 3 is 3.06 bits per heavy atom. The van der Waals surface area contributed by atoms with E-state index in [1.54, 1.807) is 11.3 Å². The molecule has 0 fully saturated rings. The lowest BCUT2D eigenvalue weighted by molar-refractivity contribution is -0.107. The molecule has 2 aromatic heterocycles. The fourth-order valence-electron chi connectivity index (χ4n) is 1.55. The maximum absolute atomic E-state index is 10.4. The highest BCUT2D eigenvalue weighted by molar-refractivity contribution is 7.09. The van der Waals surface area contributed by atoms with Gasteiger partial charge < -0.3 is 9.21 Å². The van der Waals surface area contributed by atoms with Crippen LogP contribution in [0.4, 0.5) is 0 Å².